The Morgan fingerprint density at radius 2 is 2.00 bits per heavy atom. The summed E-state index contributed by atoms with van der Waals surface area (Å²) < 4.78 is 7.93. The molecule has 0 N–H and O–H groups in total. The Kier molecular flexibility index (Phi) is 3.80. The van der Waals surface area contributed by atoms with Crippen LogP contribution in [0.2, 0.25) is 0 Å². The first-order valence-corrected chi connectivity index (χ1v) is 7.14. The van der Waals surface area contributed by atoms with E-state index in [0.29, 0.717) is 5.78 Å². The molecular weight excluding hydrogens is 318 g/mol. The average Bonchev–Trinajstić information content (AvgIpc) is 2.88. The van der Waals surface area contributed by atoms with E-state index in [1.54, 1.807) is 13.3 Å². The van der Waals surface area contributed by atoms with Gasteiger partial charge in [0, 0.05) is 31.3 Å². The molecule has 5 heteroatoms. The molecule has 0 fully saturated rings. The van der Waals surface area contributed by atoms with Gasteiger partial charge < -0.3 is 4.74 Å². The van der Waals surface area contributed by atoms with Gasteiger partial charge in [0.15, 0.2) is 0 Å². The van der Waals surface area contributed by atoms with Crippen LogP contribution in [0.1, 0.15) is 5.56 Å². The van der Waals surface area contributed by atoms with Crippen molar-refractivity contribution in [2.45, 2.75) is 6.42 Å². The van der Waals surface area contributed by atoms with Crippen molar-refractivity contribution in [1.29, 1.82) is 0 Å². The summed E-state index contributed by atoms with van der Waals surface area (Å²) in [5.41, 5.74) is 3.28. The van der Waals surface area contributed by atoms with Crippen molar-refractivity contribution in [1.82, 2.24) is 14.4 Å². The van der Waals surface area contributed by atoms with E-state index < -0.39 is 0 Å². The zero-order chi connectivity index (χ0) is 13.9. The Balaban J connectivity index is 1.90. The zero-order valence-electron chi connectivity index (χ0n) is 11.1. The van der Waals surface area contributed by atoms with Crippen molar-refractivity contribution >= 4 is 21.7 Å². The van der Waals surface area contributed by atoms with E-state index >= 15 is 0 Å². The van der Waals surface area contributed by atoms with Crippen LogP contribution in [-0.4, -0.2) is 28.1 Å². The third-order valence-corrected chi connectivity index (χ3v) is 3.53. The van der Waals surface area contributed by atoms with Crippen molar-refractivity contribution in [3.8, 4) is 11.3 Å². The molecule has 1 aromatic carbocycles. The minimum Gasteiger partial charge on any atom is -0.384 e. The molecule has 0 unspecified atom stereocenters. The van der Waals surface area contributed by atoms with E-state index in [1.807, 2.05) is 16.8 Å². The second-order valence-electron chi connectivity index (χ2n) is 4.55. The molecule has 0 bridgehead atoms. The van der Waals surface area contributed by atoms with Crippen LogP contribution in [0.5, 0.6) is 0 Å². The summed E-state index contributed by atoms with van der Waals surface area (Å²) in [7, 11) is 1.72. The van der Waals surface area contributed by atoms with Crippen LogP contribution in [0.3, 0.4) is 0 Å². The van der Waals surface area contributed by atoms with E-state index in [-0.39, 0.29) is 0 Å². The van der Waals surface area contributed by atoms with Crippen LogP contribution >= 0.6 is 15.9 Å². The highest BCUT2D eigenvalue weighted by atomic mass is 79.9. The Bertz CT molecular complexity index is 722. The summed E-state index contributed by atoms with van der Waals surface area (Å²) in [5, 5.41) is 0. The Morgan fingerprint density at radius 1 is 1.20 bits per heavy atom. The van der Waals surface area contributed by atoms with Crippen LogP contribution in [-0.2, 0) is 11.2 Å². The number of rotatable bonds is 4. The van der Waals surface area contributed by atoms with Gasteiger partial charge in [-0.15, -0.1) is 0 Å². The van der Waals surface area contributed by atoms with Crippen LogP contribution < -0.4 is 0 Å². The standard InChI is InChI=1S/C15H14BrN3O/c1-20-7-6-11-2-4-12(5-3-11)14-10-19-9-13(16)8-17-15(19)18-14/h2-5,8-10H,6-7H2,1H3. The largest absolute Gasteiger partial charge is 0.384 e. The minimum atomic E-state index is 0.701. The number of benzene rings is 1. The molecule has 0 aliphatic rings. The van der Waals surface area contributed by atoms with Gasteiger partial charge in [0.1, 0.15) is 0 Å². The van der Waals surface area contributed by atoms with Crippen LogP contribution in [0.4, 0.5) is 0 Å². The molecule has 2 heterocycles. The normalized spacial score (nSPS) is 11.1. The van der Waals surface area contributed by atoms with E-state index in [1.165, 1.54) is 5.56 Å². The van der Waals surface area contributed by atoms with Gasteiger partial charge in [-0.1, -0.05) is 24.3 Å². The summed E-state index contributed by atoms with van der Waals surface area (Å²) in [6.07, 6.45) is 6.61. The van der Waals surface area contributed by atoms with E-state index in [9.17, 15) is 0 Å². The first kappa shape index (κ1) is 13.3. The average molecular weight is 332 g/mol. The van der Waals surface area contributed by atoms with Gasteiger partial charge in [-0.3, -0.25) is 4.40 Å². The predicted octanol–water partition coefficient (Wildman–Crippen LogP) is 3.35. The highest BCUT2D eigenvalue weighted by Gasteiger charge is 2.05. The summed E-state index contributed by atoms with van der Waals surface area (Å²) >= 11 is 3.41. The number of fused-ring (bicyclic) bond motifs is 1. The zero-order valence-corrected chi connectivity index (χ0v) is 12.7. The second-order valence-corrected chi connectivity index (χ2v) is 5.46. The molecule has 0 aliphatic carbocycles. The number of aromatic nitrogens is 3. The maximum atomic E-state index is 5.08. The molecule has 3 rings (SSSR count). The van der Waals surface area contributed by atoms with Gasteiger partial charge in [0.05, 0.1) is 16.8 Å². The molecule has 0 saturated carbocycles. The molecule has 0 radical (unpaired) electrons. The Hall–Kier alpha value is -1.72. The van der Waals surface area contributed by atoms with Gasteiger partial charge in [0.2, 0.25) is 5.78 Å². The molecule has 0 aliphatic heterocycles. The van der Waals surface area contributed by atoms with Gasteiger partial charge in [-0.05, 0) is 27.9 Å². The molecule has 0 atom stereocenters. The first-order valence-electron chi connectivity index (χ1n) is 6.35. The lowest BCUT2D eigenvalue weighted by Gasteiger charge is -2.01. The molecule has 20 heavy (non-hydrogen) atoms. The molecule has 3 aromatic rings. The van der Waals surface area contributed by atoms with Crippen molar-refractivity contribution in [2.75, 3.05) is 13.7 Å². The van der Waals surface area contributed by atoms with Crippen molar-refractivity contribution < 1.29 is 4.74 Å². The number of methoxy groups -OCH3 is 1. The minimum absolute atomic E-state index is 0.701. The summed E-state index contributed by atoms with van der Waals surface area (Å²) in [4.78, 5) is 8.80. The van der Waals surface area contributed by atoms with Crippen LogP contribution in [0.25, 0.3) is 17.0 Å². The third-order valence-electron chi connectivity index (χ3n) is 3.12. The lowest BCUT2D eigenvalue weighted by Crippen LogP contribution is -1.93. The van der Waals surface area contributed by atoms with Crippen LogP contribution in [0.15, 0.2) is 47.3 Å². The lowest BCUT2D eigenvalue weighted by atomic mass is 10.1. The van der Waals surface area contributed by atoms with E-state index in [4.69, 9.17) is 4.74 Å². The highest BCUT2D eigenvalue weighted by Crippen LogP contribution is 2.20. The van der Waals surface area contributed by atoms with Gasteiger partial charge in [-0.25, -0.2) is 9.97 Å². The molecule has 0 saturated heterocycles. The quantitative estimate of drug-likeness (QED) is 0.736. The third kappa shape index (κ3) is 2.73. The van der Waals surface area contributed by atoms with E-state index in [2.05, 4.69) is 50.2 Å². The topological polar surface area (TPSA) is 39.4 Å². The fourth-order valence-corrected chi connectivity index (χ4v) is 2.38. The number of nitrogens with zero attached hydrogens (tertiary/aromatic N) is 3. The summed E-state index contributed by atoms with van der Waals surface area (Å²) in [5.74, 6) is 0.701. The second kappa shape index (κ2) is 5.73. The number of hydrogen-bond donors (Lipinski definition) is 0. The fourth-order valence-electron chi connectivity index (χ4n) is 2.06. The van der Waals surface area contributed by atoms with Gasteiger partial charge >= 0.3 is 0 Å². The highest BCUT2D eigenvalue weighted by molar-refractivity contribution is 9.10. The summed E-state index contributed by atoms with van der Waals surface area (Å²) in [6.45, 7) is 0.742. The molecular formula is C15H14BrN3O. The maximum absolute atomic E-state index is 5.08. The number of halogens is 1. The lowest BCUT2D eigenvalue weighted by molar-refractivity contribution is 0.202. The van der Waals surface area contributed by atoms with E-state index in [0.717, 1.165) is 28.8 Å². The molecule has 2 aromatic heterocycles. The smallest absolute Gasteiger partial charge is 0.234 e. The molecule has 4 nitrogen and oxygen atoms in total. The van der Waals surface area contributed by atoms with Crippen molar-refractivity contribution in [3.63, 3.8) is 0 Å². The Morgan fingerprint density at radius 3 is 2.75 bits per heavy atom. The number of imidazole rings is 1. The molecule has 102 valence electrons. The number of ether oxygens (including phenoxy) is 1. The molecule has 0 spiro atoms. The number of hydrogen-bond acceptors (Lipinski definition) is 3. The fraction of sp³-hybridized carbons (Fsp3) is 0.200. The van der Waals surface area contributed by atoms with Gasteiger partial charge in [0.25, 0.3) is 0 Å². The van der Waals surface area contributed by atoms with Crippen molar-refractivity contribution in [2.24, 2.45) is 0 Å². The van der Waals surface area contributed by atoms with Crippen molar-refractivity contribution in [3.05, 3.63) is 52.9 Å². The Labute approximate surface area is 125 Å². The first-order chi connectivity index (χ1) is 9.76. The predicted molar refractivity (Wildman–Crippen MR) is 81.7 cm³/mol. The summed E-state index contributed by atoms with van der Waals surface area (Å²) in [6, 6.07) is 8.40. The molecule has 0 amide bonds. The SMILES string of the molecule is COCCc1ccc(-c2cn3cc(Br)cnc3n2)cc1. The monoisotopic (exact) mass is 331 g/mol. The van der Waals surface area contributed by atoms with Gasteiger partial charge in [-0.2, -0.15) is 0 Å². The van der Waals surface area contributed by atoms with Crippen LogP contribution in [0, 0.1) is 0 Å². The maximum Gasteiger partial charge on any atom is 0.234 e.